The third-order valence-corrected chi connectivity index (χ3v) is 3.05. The van der Waals surface area contributed by atoms with Crippen LogP contribution >= 0.6 is 0 Å². The van der Waals surface area contributed by atoms with E-state index in [0.29, 0.717) is 19.6 Å². The summed E-state index contributed by atoms with van der Waals surface area (Å²) in [5.41, 5.74) is 0.446. The molecule has 2 rings (SSSR count). The second kappa shape index (κ2) is 7.14. The normalized spacial score (nSPS) is 11.2. The number of hydrogen-bond acceptors (Lipinski definition) is 3. The molecule has 0 spiro atoms. The van der Waals surface area contributed by atoms with Crippen LogP contribution < -0.4 is 9.47 Å². The Bertz CT molecular complexity index is 527. The summed E-state index contributed by atoms with van der Waals surface area (Å²) in [7, 11) is 0. The quantitative estimate of drug-likeness (QED) is 0.841. The highest BCUT2D eigenvalue weighted by Gasteiger charge is 2.11. The fourth-order valence-corrected chi connectivity index (χ4v) is 1.79. The Hall–Kier alpha value is -2.00. The smallest absolute Gasteiger partial charge is 0.120 e. The molecule has 0 aliphatic heterocycles. The lowest BCUT2D eigenvalue weighted by Gasteiger charge is -2.17. The Kier molecular flexibility index (Phi) is 5.23. The lowest BCUT2D eigenvalue weighted by Crippen LogP contribution is -2.21. The highest BCUT2D eigenvalue weighted by atomic mass is 16.5. The molecule has 2 aromatic carbocycles. The highest BCUT2D eigenvalue weighted by Crippen LogP contribution is 2.19. The van der Waals surface area contributed by atoms with Gasteiger partial charge >= 0.3 is 0 Å². The van der Waals surface area contributed by atoms with Crippen molar-refractivity contribution in [1.29, 1.82) is 0 Å². The minimum Gasteiger partial charge on any atom is -0.493 e. The van der Waals surface area contributed by atoms with Crippen molar-refractivity contribution in [2.24, 2.45) is 0 Å². The minimum atomic E-state index is -0.696. The van der Waals surface area contributed by atoms with E-state index in [1.807, 2.05) is 54.6 Å². The average Bonchev–Trinajstić information content (AvgIpc) is 2.46. The van der Waals surface area contributed by atoms with Crippen molar-refractivity contribution >= 4 is 0 Å². The average molecular weight is 286 g/mol. The summed E-state index contributed by atoms with van der Waals surface area (Å²) in [6, 6.07) is 17.6. The zero-order valence-corrected chi connectivity index (χ0v) is 12.6. The summed E-state index contributed by atoms with van der Waals surface area (Å²) >= 11 is 0. The summed E-state index contributed by atoms with van der Waals surface area (Å²) in [4.78, 5) is 0. The van der Waals surface area contributed by atoms with Gasteiger partial charge in [-0.3, -0.25) is 0 Å². The molecule has 0 heterocycles. The molecule has 0 saturated heterocycles. The molecular formula is C18H22O3. The van der Waals surface area contributed by atoms with Crippen molar-refractivity contribution in [3.63, 3.8) is 0 Å². The van der Waals surface area contributed by atoms with E-state index in [-0.39, 0.29) is 0 Å². The van der Waals surface area contributed by atoms with E-state index in [4.69, 9.17) is 9.47 Å². The van der Waals surface area contributed by atoms with E-state index in [1.165, 1.54) is 0 Å². The fourth-order valence-electron chi connectivity index (χ4n) is 1.79. The van der Waals surface area contributed by atoms with Gasteiger partial charge in [0, 0.05) is 6.42 Å². The lowest BCUT2D eigenvalue weighted by molar-refractivity contribution is 0.0553. The number of hydrogen-bond donors (Lipinski definition) is 1. The summed E-state index contributed by atoms with van der Waals surface area (Å²) in [6.45, 7) is 4.60. The van der Waals surface area contributed by atoms with Crippen molar-refractivity contribution in [1.82, 2.24) is 0 Å². The van der Waals surface area contributed by atoms with E-state index >= 15 is 0 Å². The van der Waals surface area contributed by atoms with Gasteiger partial charge < -0.3 is 14.6 Å². The van der Waals surface area contributed by atoms with Crippen molar-refractivity contribution in [3.8, 4) is 11.5 Å². The number of aliphatic hydroxyl groups is 1. The van der Waals surface area contributed by atoms with Crippen LogP contribution in [0, 0.1) is 0 Å². The van der Waals surface area contributed by atoms with Gasteiger partial charge in [0.2, 0.25) is 0 Å². The minimum absolute atomic E-state index is 0.494. The zero-order chi connectivity index (χ0) is 15.1. The molecule has 112 valence electrons. The van der Waals surface area contributed by atoms with Gasteiger partial charge in [-0.05, 0) is 43.7 Å². The van der Waals surface area contributed by atoms with Crippen molar-refractivity contribution in [2.75, 3.05) is 6.61 Å². The molecule has 0 aromatic heterocycles. The van der Waals surface area contributed by atoms with Gasteiger partial charge in [-0.25, -0.2) is 0 Å². The van der Waals surface area contributed by atoms with Gasteiger partial charge in [0.05, 0.1) is 12.2 Å². The van der Waals surface area contributed by atoms with Crippen LogP contribution in [-0.2, 0) is 6.61 Å². The molecule has 0 radical (unpaired) electrons. The third-order valence-electron chi connectivity index (χ3n) is 3.05. The number of rotatable bonds is 7. The maximum absolute atomic E-state index is 9.62. The van der Waals surface area contributed by atoms with Gasteiger partial charge in [0.1, 0.15) is 18.1 Å². The first-order valence-corrected chi connectivity index (χ1v) is 7.15. The number of benzene rings is 2. The molecule has 3 nitrogen and oxygen atoms in total. The molecule has 0 unspecified atom stereocenters. The van der Waals surface area contributed by atoms with Gasteiger partial charge in [-0.1, -0.05) is 30.3 Å². The molecule has 0 fully saturated rings. The maximum Gasteiger partial charge on any atom is 0.120 e. The first-order valence-electron chi connectivity index (χ1n) is 7.15. The maximum atomic E-state index is 9.62. The van der Waals surface area contributed by atoms with Crippen LogP contribution in [0.2, 0.25) is 0 Å². The van der Waals surface area contributed by atoms with Crippen LogP contribution in [-0.4, -0.2) is 17.3 Å². The Labute approximate surface area is 126 Å². The largest absolute Gasteiger partial charge is 0.493 e. The van der Waals surface area contributed by atoms with Gasteiger partial charge in [0.25, 0.3) is 0 Å². The molecule has 0 atom stereocenters. The van der Waals surface area contributed by atoms with E-state index < -0.39 is 5.60 Å². The topological polar surface area (TPSA) is 38.7 Å². The second-order valence-electron chi connectivity index (χ2n) is 5.66. The first kappa shape index (κ1) is 15.4. The predicted molar refractivity (Wildman–Crippen MR) is 83.6 cm³/mol. The molecule has 21 heavy (non-hydrogen) atoms. The highest BCUT2D eigenvalue weighted by molar-refractivity contribution is 5.31. The molecule has 0 aliphatic rings. The Morgan fingerprint density at radius 3 is 2.00 bits per heavy atom. The van der Waals surface area contributed by atoms with E-state index in [1.54, 1.807) is 13.8 Å². The standard InChI is InChI=1S/C18H22O3/c1-18(2,19)12-13-20-16-8-10-17(11-9-16)21-14-15-6-4-3-5-7-15/h3-11,19H,12-14H2,1-2H3. The SMILES string of the molecule is CC(C)(O)CCOc1ccc(OCc2ccccc2)cc1. The lowest BCUT2D eigenvalue weighted by atomic mass is 10.1. The summed E-state index contributed by atoms with van der Waals surface area (Å²) in [6.07, 6.45) is 0.596. The van der Waals surface area contributed by atoms with Crippen LogP contribution in [0.5, 0.6) is 11.5 Å². The second-order valence-corrected chi connectivity index (χ2v) is 5.66. The fraction of sp³-hybridized carbons (Fsp3) is 0.333. The van der Waals surface area contributed by atoms with Crippen LogP contribution in [0.3, 0.4) is 0 Å². The molecule has 3 heteroatoms. The summed E-state index contributed by atoms with van der Waals surface area (Å²) in [5.74, 6) is 1.60. The molecule has 0 bridgehead atoms. The molecule has 2 aromatic rings. The third kappa shape index (κ3) is 5.88. The molecule has 0 amide bonds. The van der Waals surface area contributed by atoms with Gasteiger partial charge in [-0.2, -0.15) is 0 Å². The molecular weight excluding hydrogens is 264 g/mol. The molecule has 0 aliphatic carbocycles. The van der Waals surface area contributed by atoms with E-state index in [2.05, 4.69) is 0 Å². The molecule has 0 saturated carbocycles. The number of ether oxygens (including phenoxy) is 2. The van der Waals surface area contributed by atoms with Crippen molar-refractivity contribution < 1.29 is 14.6 Å². The van der Waals surface area contributed by atoms with E-state index in [9.17, 15) is 5.11 Å². The van der Waals surface area contributed by atoms with Gasteiger partial charge in [-0.15, -0.1) is 0 Å². The van der Waals surface area contributed by atoms with Crippen LogP contribution in [0.15, 0.2) is 54.6 Å². The Morgan fingerprint density at radius 1 is 0.857 bits per heavy atom. The van der Waals surface area contributed by atoms with Crippen LogP contribution in [0.4, 0.5) is 0 Å². The first-order chi connectivity index (χ1) is 10.0. The Morgan fingerprint density at radius 2 is 1.43 bits per heavy atom. The zero-order valence-electron chi connectivity index (χ0n) is 12.6. The summed E-state index contributed by atoms with van der Waals surface area (Å²) < 4.78 is 11.3. The van der Waals surface area contributed by atoms with Crippen molar-refractivity contribution in [2.45, 2.75) is 32.5 Å². The van der Waals surface area contributed by atoms with Gasteiger partial charge in [0.15, 0.2) is 0 Å². The van der Waals surface area contributed by atoms with Crippen molar-refractivity contribution in [3.05, 3.63) is 60.2 Å². The van der Waals surface area contributed by atoms with E-state index in [0.717, 1.165) is 17.1 Å². The summed E-state index contributed by atoms with van der Waals surface area (Å²) in [5, 5.41) is 9.62. The monoisotopic (exact) mass is 286 g/mol. The van der Waals surface area contributed by atoms with Crippen LogP contribution in [0.25, 0.3) is 0 Å². The molecule has 1 N–H and O–H groups in total. The van der Waals surface area contributed by atoms with Crippen LogP contribution in [0.1, 0.15) is 25.8 Å². The Balaban J connectivity index is 1.79. The predicted octanol–water partition coefficient (Wildman–Crippen LogP) is 3.81.